The minimum Gasteiger partial charge on any atom is -0.497 e. The fourth-order valence-electron chi connectivity index (χ4n) is 4.30. The molecule has 2 aromatic rings. The Bertz CT molecular complexity index is 1110. The molecule has 0 radical (unpaired) electrons. The van der Waals surface area contributed by atoms with Crippen LogP contribution in [0.15, 0.2) is 46.6 Å². The average Bonchev–Trinajstić information content (AvgIpc) is 2.78. The monoisotopic (exact) mass is 423 g/mol. The average molecular weight is 423 g/mol. The van der Waals surface area contributed by atoms with E-state index < -0.39 is 5.92 Å². The molecule has 8 heteroatoms. The Kier molecular flexibility index (Phi) is 5.98. The summed E-state index contributed by atoms with van der Waals surface area (Å²) >= 11 is 0. The van der Waals surface area contributed by atoms with Crippen molar-refractivity contribution >= 4 is 0 Å². The molecule has 0 unspecified atom stereocenters. The summed E-state index contributed by atoms with van der Waals surface area (Å²) < 4.78 is 18.3. The van der Waals surface area contributed by atoms with E-state index in [0.717, 1.165) is 44.1 Å². The number of aryl methyl sites for hydroxylation is 1. The number of rotatable bonds is 5. The molecule has 1 atom stereocenters. The van der Waals surface area contributed by atoms with Crippen LogP contribution in [-0.2, 0) is 11.3 Å². The second-order valence-electron chi connectivity index (χ2n) is 7.83. The van der Waals surface area contributed by atoms with Crippen molar-refractivity contribution in [2.24, 2.45) is 5.73 Å². The third kappa shape index (κ3) is 4.02. The van der Waals surface area contributed by atoms with Crippen LogP contribution in [0.2, 0.25) is 0 Å². The number of ether oxygens (including phenoxy) is 3. The number of fused-ring (bicyclic) bond motifs is 1. The number of nitrogens with two attached hydrogens (primary N) is 1. The number of morpholine rings is 1. The van der Waals surface area contributed by atoms with Crippen molar-refractivity contribution in [2.75, 3.05) is 40.0 Å². The van der Waals surface area contributed by atoms with Crippen molar-refractivity contribution in [3.63, 3.8) is 0 Å². The fraction of sp³-hybridized carbons (Fsp3) is 0.391. The molecule has 0 spiro atoms. The molecular weight excluding hydrogens is 396 g/mol. The normalized spacial score (nSPS) is 18.8. The first-order valence-electron chi connectivity index (χ1n) is 10.4. The van der Waals surface area contributed by atoms with Gasteiger partial charge in [0.05, 0.1) is 44.9 Å². The molecule has 1 saturated heterocycles. The SMILES string of the molecule is COc1cccc([C@H]2C(C#N)=C(N)Oc3cc(C)n(CC[NH+]4CCOCC4)c(=O)c32)c1. The van der Waals surface area contributed by atoms with Crippen LogP contribution < -0.4 is 25.7 Å². The maximum absolute atomic E-state index is 13.7. The number of nitriles is 1. The molecule has 162 valence electrons. The van der Waals surface area contributed by atoms with E-state index >= 15 is 0 Å². The lowest BCUT2D eigenvalue weighted by molar-refractivity contribution is -0.908. The van der Waals surface area contributed by atoms with Crippen LogP contribution in [0, 0.1) is 18.3 Å². The zero-order valence-corrected chi connectivity index (χ0v) is 17.8. The summed E-state index contributed by atoms with van der Waals surface area (Å²) in [7, 11) is 1.58. The molecule has 2 aliphatic rings. The van der Waals surface area contributed by atoms with Gasteiger partial charge in [-0.15, -0.1) is 0 Å². The van der Waals surface area contributed by atoms with Gasteiger partial charge in [-0.25, -0.2) is 0 Å². The maximum Gasteiger partial charge on any atom is 0.258 e. The van der Waals surface area contributed by atoms with Crippen molar-refractivity contribution in [3.05, 3.63) is 69.0 Å². The molecule has 1 fully saturated rings. The summed E-state index contributed by atoms with van der Waals surface area (Å²) in [4.78, 5) is 15.1. The number of benzene rings is 1. The lowest BCUT2D eigenvalue weighted by atomic mass is 9.84. The Morgan fingerprint density at radius 1 is 1.32 bits per heavy atom. The van der Waals surface area contributed by atoms with Gasteiger partial charge >= 0.3 is 0 Å². The molecule has 1 aromatic carbocycles. The molecule has 0 amide bonds. The molecule has 4 rings (SSSR count). The molecule has 0 saturated carbocycles. The number of nitrogens with one attached hydrogen (secondary N) is 1. The van der Waals surface area contributed by atoms with E-state index in [2.05, 4.69) is 6.07 Å². The first kappa shape index (κ1) is 21.0. The Balaban J connectivity index is 1.78. The number of aromatic nitrogens is 1. The first-order valence-corrected chi connectivity index (χ1v) is 10.4. The highest BCUT2D eigenvalue weighted by molar-refractivity contribution is 5.56. The van der Waals surface area contributed by atoms with Crippen LogP contribution in [0.3, 0.4) is 0 Å². The van der Waals surface area contributed by atoms with E-state index in [1.807, 2.05) is 37.3 Å². The van der Waals surface area contributed by atoms with Gasteiger partial charge < -0.3 is 29.4 Å². The third-order valence-electron chi connectivity index (χ3n) is 6.01. The topological polar surface area (TPSA) is 104 Å². The van der Waals surface area contributed by atoms with Crippen molar-refractivity contribution in [2.45, 2.75) is 19.4 Å². The summed E-state index contributed by atoms with van der Waals surface area (Å²) in [6.45, 7) is 6.66. The number of allylic oxidation sites excluding steroid dienone is 1. The van der Waals surface area contributed by atoms with Gasteiger partial charge in [-0.1, -0.05) is 12.1 Å². The molecule has 3 heterocycles. The van der Waals surface area contributed by atoms with Crippen LogP contribution in [0.4, 0.5) is 0 Å². The summed E-state index contributed by atoms with van der Waals surface area (Å²) in [6, 6.07) is 11.3. The standard InChI is InChI=1S/C23H26N4O4/c1-15-12-19-21(23(28)27(15)7-6-26-8-10-30-11-9-26)20(18(14-24)22(25)31-19)16-4-3-5-17(13-16)29-2/h3-5,12-13,20H,6-11,25H2,1-2H3/p+1/t20-/m0/s1. The van der Waals surface area contributed by atoms with Crippen LogP contribution >= 0.6 is 0 Å². The zero-order valence-electron chi connectivity index (χ0n) is 17.8. The lowest BCUT2D eigenvalue weighted by Crippen LogP contribution is -3.14. The Morgan fingerprint density at radius 3 is 2.81 bits per heavy atom. The van der Waals surface area contributed by atoms with Crippen molar-refractivity contribution in [1.29, 1.82) is 5.26 Å². The van der Waals surface area contributed by atoms with Gasteiger partial charge in [-0.05, 0) is 24.6 Å². The molecule has 3 N–H and O–H groups in total. The number of pyridine rings is 1. The highest BCUT2D eigenvalue weighted by atomic mass is 16.5. The number of quaternary nitrogens is 1. The van der Waals surface area contributed by atoms with E-state index in [1.54, 1.807) is 11.7 Å². The van der Waals surface area contributed by atoms with E-state index in [0.29, 0.717) is 23.6 Å². The van der Waals surface area contributed by atoms with E-state index in [1.165, 1.54) is 4.90 Å². The van der Waals surface area contributed by atoms with Crippen LogP contribution in [0.1, 0.15) is 22.7 Å². The van der Waals surface area contributed by atoms with E-state index in [4.69, 9.17) is 19.9 Å². The Labute approximate surface area is 181 Å². The zero-order chi connectivity index (χ0) is 22.0. The molecule has 2 aliphatic heterocycles. The number of hydrogen-bond acceptors (Lipinski definition) is 6. The van der Waals surface area contributed by atoms with E-state index in [-0.39, 0.29) is 17.0 Å². The van der Waals surface area contributed by atoms with Gasteiger partial charge in [0.15, 0.2) is 0 Å². The fourth-order valence-corrected chi connectivity index (χ4v) is 4.30. The summed E-state index contributed by atoms with van der Waals surface area (Å²) in [5.41, 5.74) is 8.14. The maximum atomic E-state index is 13.7. The Morgan fingerprint density at radius 2 is 2.10 bits per heavy atom. The van der Waals surface area contributed by atoms with Crippen LogP contribution in [-0.4, -0.2) is 44.5 Å². The van der Waals surface area contributed by atoms with Crippen molar-refractivity contribution in [3.8, 4) is 17.6 Å². The molecule has 0 aliphatic carbocycles. The molecule has 1 aromatic heterocycles. The van der Waals surface area contributed by atoms with Gasteiger partial charge in [0.25, 0.3) is 5.56 Å². The number of methoxy groups -OCH3 is 1. The second-order valence-corrected chi connectivity index (χ2v) is 7.83. The molecule has 31 heavy (non-hydrogen) atoms. The molecule has 0 bridgehead atoms. The third-order valence-corrected chi connectivity index (χ3v) is 6.01. The summed E-state index contributed by atoms with van der Waals surface area (Å²) in [5, 5.41) is 9.81. The van der Waals surface area contributed by atoms with Gasteiger partial charge in [0.1, 0.15) is 36.2 Å². The highest BCUT2D eigenvalue weighted by Crippen LogP contribution is 2.41. The quantitative estimate of drug-likeness (QED) is 0.717. The van der Waals surface area contributed by atoms with Crippen LogP contribution in [0.25, 0.3) is 0 Å². The van der Waals surface area contributed by atoms with Crippen molar-refractivity contribution < 1.29 is 19.1 Å². The van der Waals surface area contributed by atoms with Gasteiger partial charge in [-0.2, -0.15) is 5.26 Å². The lowest BCUT2D eigenvalue weighted by Gasteiger charge is -2.28. The molecular formula is C23H27N4O4+. The largest absolute Gasteiger partial charge is 0.497 e. The smallest absolute Gasteiger partial charge is 0.258 e. The predicted octanol–water partition coefficient (Wildman–Crippen LogP) is 0.299. The molecule has 8 nitrogen and oxygen atoms in total. The summed E-state index contributed by atoms with van der Waals surface area (Å²) in [6.07, 6.45) is 0. The van der Waals surface area contributed by atoms with E-state index in [9.17, 15) is 10.1 Å². The number of hydrogen-bond donors (Lipinski definition) is 2. The van der Waals surface area contributed by atoms with Gasteiger partial charge in [0, 0.05) is 11.8 Å². The minimum absolute atomic E-state index is 0.0251. The first-order chi connectivity index (χ1) is 15.0. The minimum atomic E-state index is -0.612. The van der Waals surface area contributed by atoms with Crippen molar-refractivity contribution in [1.82, 2.24) is 4.57 Å². The number of nitrogens with zero attached hydrogens (tertiary/aromatic N) is 2. The predicted molar refractivity (Wildman–Crippen MR) is 114 cm³/mol. The Hall–Kier alpha value is -3.28. The van der Waals surface area contributed by atoms with Gasteiger partial charge in [-0.3, -0.25) is 4.79 Å². The summed E-state index contributed by atoms with van der Waals surface area (Å²) in [5.74, 6) is 0.461. The van der Waals surface area contributed by atoms with Crippen LogP contribution in [0.5, 0.6) is 11.5 Å². The second kappa shape index (κ2) is 8.84. The van der Waals surface area contributed by atoms with Gasteiger partial charge in [0.2, 0.25) is 5.88 Å². The highest BCUT2D eigenvalue weighted by Gasteiger charge is 2.34.